The SMILES string of the molecule is Cc1c(O[C@H]2CC[C@H](CC(=O)O)CC2)cccc1-c1ccc(N2CCc3cccc(C(=O)Nc4nc5ccccc5s4)c3C2)nc1C(=O)OC(C)(C)C. The summed E-state index contributed by atoms with van der Waals surface area (Å²) < 4.78 is 13.4. The number of esters is 1. The van der Waals surface area contributed by atoms with Crippen molar-refractivity contribution in [1.29, 1.82) is 0 Å². The monoisotopic (exact) mass is 732 g/mol. The molecular weight excluding hydrogens is 689 g/mol. The quantitative estimate of drug-likeness (QED) is 0.143. The van der Waals surface area contributed by atoms with Gasteiger partial charge in [-0.3, -0.25) is 14.9 Å². The van der Waals surface area contributed by atoms with Gasteiger partial charge in [0.15, 0.2) is 10.8 Å². The molecule has 0 saturated heterocycles. The van der Waals surface area contributed by atoms with Crippen molar-refractivity contribution >= 4 is 50.3 Å². The molecule has 1 amide bonds. The minimum Gasteiger partial charge on any atom is -0.490 e. The van der Waals surface area contributed by atoms with Gasteiger partial charge in [0.2, 0.25) is 0 Å². The average molecular weight is 733 g/mol. The van der Waals surface area contributed by atoms with Crippen molar-refractivity contribution in [3.8, 4) is 16.9 Å². The molecule has 1 fully saturated rings. The fraction of sp³-hybridized carbons (Fsp3) is 0.357. The summed E-state index contributed by atoms with van der Waals surface area (Å²) in [7, 11) is 0. The van der Waals surface area contributed by atoms with Crippen molar-refractivity contribution in [3.05, 3.63) is 101 Å². The molecule has 0 bridgehead atoms. The van der Waals surface area contributed by atoms with Crippen molar-refractivity contribution in [2.24, 2.45) is 5.92 Å². The first-order valence-electron chi connectivity index (χ1n) is 18.2. The lowest BCUT2D eigenvalue weighted by molar-refractivity contribution is -0.138. The van der Waals surface area contributed by atoms with Gasteiger partial charge in [0, 0.05) is 30.6 Å². The summed E-state index contributed by atoms with van der Waals surface area (Å²) in [6, 6.07) is 23.3. The Kier molecular flexibility index (Phi) is 10.2. The molecule has 1 aliphatic carbocycles. The van der Waals surface area contributed by atoms with E-state index in [4.69, 9.17) is 14.5 Å². The fourth-order valence-electron chi connectivity index (χ4n) is 7.32. The number of thiazole rings is 1. The fourth-order valence-corrected chi connectivity index (χ4v) is 8.18. The van der Waals surface area contributed by atoms with Crippen LogP contribution < -0.4 is 15.0 Å². The minimum absolute atomic E-state index is 0.00465. The number of hydrogen-bond donors (Lipinski definition) is 2. The van der Waals surface area contributed by atoms with Crippen LogP contribution in [0.5, 0.6) is 5.75 Å². The highest BCUT2D eigenvalue weighted by Gasteiger charge is 2.29. The summed E-state index contributed by atoms with van der Waals surface area (Å²) in [6.45, 7) is 8.59. The summed E-state index contributed by atoms with van der Waals surface area (Å²) in [6.07, 6.45) is 4.13. The van der Waals surface area contributed by atoms with E-state index in [1.165, 1.54) is 11.3 Å². The maximum Gasteiger partial charge on any atom is 0.358 e. The number of fused-ring (bicyclic) bond motifs is 2. The summed E-state index contributed by atoms with van der Waals surface area (Å²) in [5.41, 5.74) is 5.26. The summed E-state index contributed by atoms with van der Waals surface area (Å²) >= 11 is 1.44. The van der Waals surface area contributed by atoms with E-state index in [0.717, 1.165) is 63.9 Å². The largest absolute Gasteiger partial charge is 0.490 e. The molecule has 11 heteroatoms. The topological polar surface area (TPSA) is 131 Å². The van der Waals surface area contributed by atoms with E-state index < -0.39 is 17.5 Å². The number of carboxylic acids is 1. The maximum absolute atomic E-state index is 13.9. The lowest BCUT2D eigenvalue weighted by Gasteiger charge is -2.31. The highest BCUT2D eigenvalue weighted by molar-refractivity contribution is 7.22. The van der Waals surface area contributed by atoms with Crippen LogP contribution in [0.25, 0.3) is 21.3 Å². The van der Waals surface area contributed by atoms with Crippen LogP contribution in [0.3, 0.4) is 0 Å². The first kappa shape index (κ1) is 36.1. The standard InChI is InChI=1S/C42H44N4O6S/c1-25-29(10-8-13-34(25)51-28-17-15-26(16-18-28)23-37(47)48)30-19-20-36(44-38(30)40(50)52-42(2,3)4)46-22-21-27-9-7-11-31(32(27)24-46)39(49)45-41-43-33-12-5-6-14-35(33)53-41/h5-14,19-20,26,28H,15-18,21-24H2,1-4H3,(H,47,48)(H,43,45,49)/t26-,28-. The van der Waals surface area contributed by atoms with Crippen LogP contribution in [-0.2, 0) is 22.5 Å². The second kappa shape index (κ2) is 15.0. The first-order valence-corrected chi connectivity index (χ1v) is 19.0. The third-order valence-electron chi connectivity index (χ3n) is 9.95. The zero-order valence-corrected chi connectivity index (χ0v) is 31.3. The van der Waals surface area contributed by atoms with Gasteiger partial charge in [-0.15, -0.1) is 0 Å². The van der Waals surface area contributed by atoms with Crippen molar-refractivity contribution in [2.45, 2.75) is 84.5 Å². The average Bonchev–Trinajstić information content (AvgIpc) is 3.54. The van der Waals surface area contributed by atoms with Crippen molar-refractivity contribution in [2.75, 3.05) is 16.8 Å². The second-order valence-electron chi connectivity index (χ2n) is 14.9. The molecule has 2 N–H and O–H groups in total. The number of aliphatic carboxylic acids is 1. The van der Waals surface area contributed by atoms with Crippen LogP contribution in [0.2, 0.25) is 0 Å². The van der Waals surface area contributed by atoms with Gasteiger partial charge in [0.1, 0.15) is 17.2 Å². The molecule has 3 heterocycles. The predicted octanol–water partition coefficient (Wildman–Crippen LogP) is 8.85. The Bertz CT molecular complexity index is 2150. The molecule has 53 heavy (non-hydrogen) atoms. The van der Waals surface area contributed by atoms with Crippen LogP contribution in [-0.4, -0.2) is 51.2 Å². The Balaban J connectivity index is 1.15. The van der Waals surface area contributed by atoms with Gasteiger partial charge >= 0.3 is 11.9 Å². The van der Waals surface area contributed by atoms with E-state index in [9.17, 15) is 19.5 Å². The molecule has 2 aliphatic rings. The Morgan fingerprint density at radius 1 is 0.925 bits per heavy atom. The van der Waals surface area contributed by atoms with Gasteiger partial charge in [0.25, 0.3) is 5.91 Å². The Hall–Kier alpha value is -5.29. The van der Waals surface area contributed by atoms with Crippen molar-refractivity contribution in [3.63, 3.8) is 0 Å². The maximum atomic E-state index is 13.9. The molecular formula is C42H44N4O6S. The van der Waals surface area contributed by atoms with E-state index in [-0.39, 0.29) is 30.0 Å². The van der Waals surface area contributed by atoms with Gasteiger partial charge in [-0.2, -0.15) is 0 Å². The highest BCUT2D eigenvalue weighted by Crippen LogP contribution is 2.37. The van der Waals surface area contributed by atoms with E-state index in [2.05, 4.69) is 21.3 Å². The third kappa shape index (κ3) is 8.20. The highest BCUT2D eigenvalue weighted by atomic mass is 32.1. The van der Waals surface area contributed by atoms with Crippen molar-refractivity contribution < 1.29 is 29.0 Å². The van der Waals surface area contributed by atoms with Crippen LogP contribution in [0.1, 0.15) is 90.4 Å². The van der Waals surface area contributed by atoms with Gasteiger partial charge in [-0.1, -0.05) is 47.7 Å². The number of amides is 1. The molecule has 274 valence electrons. The molecule has 2 aromatic heterocycles. The summed E-state index contributed by atoms with van der Waals surface area (Å²) in [5, 5.41) is 12.8. The number of nitrogens with one attached hydrogen (secondary N) is 1. The number of anilines is 2. The molecule has 1 saturated carbocycles. The molecule has 3 aromatic carbocycles. The second-order valence-corrected chi connectivity index (χ2v) is 15.9. The number of benzene rings is 3. The smallest absolute Gasteiger partial charge is 0.358 e. The molecule has 5 aromatic rings. The molecule has 0 unspecified atom stereocenters. The number of para-hydroxylation sites is 1. The van der Waals surface area contributed by atoms with Gasteiger partial charge in [0.05, 0.1) is 16.3 Å². The summed E-state index contributed by atoms with van der Waals surface area (Å²) in [5.74, 6) is 0.0357. The predicted molar refractivity (Wildman–Crippen MR) is 207 cm³/mol. The third-order valence-corrected chi connectivity index (χ3v) is 10.9. The zero-order chi connectivity index (χ0) is 37.3. The molecule has 10 nitrogen and oxygen atoms in total. The summed E-state index contributed by atoms with van der Waals surface area (Å²) in [4.78, 5) is 50.4. The molecule has 0 radical (unpaired) electrons. The molecule has 7 rings (SSSR count). The Morgan fingerprint density at radius 2 is 1.70 bits per heavy atom. The number of carbonyl (C=O) groups excluding carboxylic acids is 2. The van der Waals surface area contributed by atoms with E-state index in [1.54, 1.807) is 0 Å². The number of carboxylic acid groups (broad SMARTS) is 1. The van der Waals surface area contributed by atoms with Crippen LogP contribution in [0.4, 0.5) is 10.9 Å². The lowest BCUT2D eigenvalue weighted by Crippen LogP contribution is -2.33. The Labute approximate surface area is 313 Å². The van der Waals surface area contributed by atoms with Gasteiger partial charge in [-0.25, -0.2) is 14.8 Å². The van der Waals surface area contributed by atoms with Crippen LogP contribution in [0.15, 0.2) is 72.8 Å². The number of nitrogens with zero attached hydrogens (tertiary/aromatic N) is 3. The molecule has 0 spiro atoms. The Morgan fingerprint density at radius 3 is 2.45 bits per heavy atom. The minimum atomic E-state index is -0.753. The first-order chi connectivity index (χ1) is 25.4. The normalized spacial score (nSPS) is 17.2. The van der Waals surface area contributed by atoms with Crippen LogP contribution in [0, 0.1) is 12.8 Å². The van der Waals surface area contributed by atoms with Gasteiger partial charge in [-0.05, 0) is 124 Å². The number of carbonyl (C=O) groups is 3. The number of aromatic nitrogens is 2. The number of pyridine rings is 1. The van der Waals surface area contributed by atoms with E-state index >= 15 is 0 Å². The number of rotatable bonds is 9. The number of hydrogen-bond acceptors (Lipinski definition) is 9. The zero-order valence-electron chi connectivity index (χ0n) is 30.5. The van der Waals surface area contributed by atoms with E-state index in [1.807, 2.05) is 94.4 Å². The van der Waals surface area contributed by atoms with Crippen molar-refractivity contribution in [1.82, 2.24) is 9.97 Å². The van der Waals surface area contributed by atoms with Gasteiger partial charge < -0.3 is 19.5 Å². The molecule has 0 atom stereocenters. The lowest BCUT2D eigenvalue weighted by atomic mass is 9.85. The molecule has 1 aliphatic heterocycles. The van der Waals surface area contributed by atoms with Crippen LogP contribution >= 0.6 is 11.3 Å². The van der Waals surface area contributed by atoms with E-state index in [0.29, 0.717) is 41.6 Å². The number of ether oxygens (including phenoxy) is 2.